The predicted octanol–water partition coefficient (Wildman–Crippen LogP) is 3.23. The molecule has 1 N–H and O–H groups in total. The SMILES string of the molecule is COc1ccc2c(c1)CCCC2NC(=O)CN(C)S(=O)(=O)c1ccc(SC)cc1. The molecule has 1 aliphatic carbocycles. The van der Waals surface area contributed by atoms with Crippen LogP contribution in [0.4, 0.5) is 0 Å². The molecule has 156 valence electrons. The Morgan fingerprint density at radius 3 is 2.62 bits per heavy atom. The van der Waals surface area contributed by atoms with Crippen LogP contribution in [0, 0.1) is 0 Å². The van der Waals surface area contributed by atoms with Gasteiger partial charge in [-0.15, -0.1) is 11.8 Å². The number of carbonyl (C=O) groups is 1. The van der Waals surface area contributed by atoms with Crippen LogP contribution in [0.3, 0.4) is 0 Å². The van der Waals surface area contributed by atoms with Crippen molar-refractivity contribution in [1.82, 2.24) is 9.62 Å². The minimum absolute atomic E-state index is 0.117. The van der Waals surface area contributed by atoms with Gasteiger partial charge >= 0.3 is 0 Å². The number of sulfonamides is 1. The number of amides is 1. The smallest absolute Gasteiger partial charge is 0.243 e. The van der Waals surface area contributed by atoms with Crippen LogP contribution < -0.4 is 10.1 Å². The lowest BCUT2D eigenvalue weighted by atomic mass is 9.87. The monoisotopic (exact) mass is 434 g/mol. The standard InChI is InChI=1S/C21H26N2O4S2/c1-23(29(25,26)18-10-8-17(28-3)9-11-18)14-21(24)22-20-6-4-5-15-13-16(27-2)7-12-19(15)20/h7-13,20H,4-6,14H2,1-3H3,(H,22,24). The first kappa shape index (κ1) is 21.7. The fraction of sp³-hybridized carbons (Fsp3) is 0.381. The number of methoxy groups -OCH3 is 1. The summed E-state index contributed by atoms with van der Waals surface area (Å²) < 4.78 is 31.9. The Balaban J connectivity index is 1.67. The fourth-order valence-electron chi connectivity index (χ4n) is 3.52. The summed E-state index contributed by atoms with van der Waals surface area (Å²) in [5.41, 5.74) is 2.24. The Kier molecular flexibility index (Phi) is 6.87. The summed E-state index contributed by atoms with van der Waals surface area (Å²) in [6, 6.07) is 12.4. The highest BCUT2D eigenvalue weighted by Crippen LogP contribution is 2.32. The van der Waals surface area contributed by atoms with E-state index < -0.39 is 10.0 Å². The first-order valence-electron chi connectivity index (χ1n) is 9.41. The Morgan fingerprint density at radius 1 is 1.24 bits per heavy atom. The summed E-state index contributed by atoms with van der Waals surface area (Å²) in [6.45, 7) is -0.228. The van der Waals surface area contributed by atoms with Gasteiger partial charge in [-0.25, -0.2) is 8.42 Å². The highest BCUT2D eigenvalue weighted by atomic mass is 32.2. The molecule has 1 aliphatic rings. The van der Waals surface area contributed by atoms with Gasteiger partial charge < -0.3 is 10.1 Å². The Labute approximate surface area is 176 Å². The number of nitrogens with one attached hydrogen (secondary N) is 1. The van der Waals surface area contributed by atoms with Crippen molar-refractivity contribution in [2.75, 3.05) is 27.0 Å². The van der Waals surface area contributed by atoms with E-state index in [-0.39, 0.29) is 23.4 Å². The summed E-state index contributed by atoms with van der Waals surface area (Å²) >= 11 is 1.54. The molecule has 1 amide bonds. The van der Waals surface area contributed by atoms with Crippen molar-refractivity contribution in [2.45, 2.75) is 35.1 Å². The van der Waals surface area contributed by atoms with Crippen LogP contribution in [0.25, 0.3) is 0 Å². The van der Waals surface area contributed by atoms with Gasteiger partial charge in [0.2, 0.25) is 15.9 Å². The number of benzene rings is 2. The van der Waals surface area contributed by atoms with Crippen LogP contribution >= 0.6 is 11.8 Å². The molecule has 1 atom stereocenters. The van der Waals surface area contributed by atoms with E-state index in [1.165, 1.54) is 7.05 Å². The van der Waals surface area contributed by atoms with Crippen molar-refractivity contribution in [2.24, 2.45) is 0 Å². The number of rotatable bonds is 7. The highest BCUT2D eigenvalue weighted by Gasteiger charge is 2.26. The average molecular weight is 435 g/mol. The van der Waals surface area contributed by atoms with E-state index in [0.717, 1.165) is 45.3 Å². The van der Waals surface area contributed by atoms with E-state index in [9.17, 15) is 13.2 Å². The van der Waals surface area contributed by atoms with Crippen LogP contribution in [0.1, 0.15) is 30.0 Å². The van der Waals surface area contributed by atoms with E-state index in [4.69, 9.17) is 4.74 Å². The van der Waals surface area contributed by atoms with Crippen LogP contribution in [0.2, 0.25) is 0 Å². The molecule has 1 unspecified atom stereocenters. The van der Waals surface area contributed by atoms with Gasteiger partial charge in [-0.3, -0.25) is 4.79 Å². The van der Waals surface area contributed by atoms with Gasteiger partial charge in [0.1, 0.15) is 5.75 Å². The minimum Gasteiger partial charge on any atom is -0.497 e. The number of likely N-dealkylation sites (N-methyl/N-ethyl adjacent to an activating group) is 1. The predicted molar refractivity (Wildman–Crippen MR) is 115 cm³/mol. The van der Waals surface area contributed by atoms with E-state index >= 15 is 0 Å². The normalized spacial score (nSPS) is 16.3. The average Bonchev–Trinajstić information content (AvgIpc) is 2.73. The third-order valence-electron chi connectivity index (χ3n) is 5.13. The summed E-state index contributed by atoms with van der Waals surface area (Å²) in [4.78, 5) is 13.8. The van der Waals surface area contributed by atoms with Gasteiger partial charge in [-0.1, -0.05) is 6.07 Å². The maximum absolute atomic E-state index is 12.8. The van der Waals surface area contributed by atoms with Crippen molar-refractivity contribution >= 4 is 27.7 Å². The van der Waals surface area contributed by atoms with Gasteiger partial charge in [0.05, 0.1) is 24.6 Å². The number of fused-ring (bicyclic) bond motifs is 1. The first-order valence-corrected chi connectivity index (χ1v) is 12.1. The van der Waals surface area contributed by atoms with Crippen LogP contribution in [0.5, 0.6) is 5.75 Å². The molecule has 0 aliphatic heterocycles. The zero-order chi connectivity index (χ0) is 21.0. The second kappa shape index (κ2) is 9.19. The molecular weight excluding hydrogens is 408 g/mol. The van der Waals surface area contributed by atoms with Crippen LogP contribution in [-0.2, 0) is 21.2 Å². The molecule has 6 nitrogen and oxygen atoms in total. The molecule has 3 rings (SSSR count). The lowest BCUT2D eigenvalue weighted by Gasteiger charge is -2.27. The van der Waals surface area contributed by atoms with Crippen molar-refractivity contribution in [3.8, 4) is 5.75 Å². The first-order chi connectivity index (χ1) is 13.8. The molecule has 0 radical (unpaired) electrons. The number of ether oxygens (including phenoxy) is 1. The lowest BCUT2D eigenvalue weighted by Crippen LogP contribution is -2.40. The zero-order valence-corrected chi connectivity index (χ0v) is 18.5. The molecule has 0 spiro atoms. The number of hydrogen-bond acceptors (Lipinski definition) is 5. The van der Waals surface area contributed by atoms with E-state index in [1.807, 2.05) is 24.5 Å². The number of thioether (sulfide) groups is 1. The molecular formula is C21H26N2O4S2. The molecule has 0 aromatic heterocycles. The molecule has 0 heterocycles. The summed E-state index contributed by atoms with van der Waals surface area (Å²) in [5.74, 6) is 0.486. The third-order valence-corrected chi connectivity index (χ3v) is 7.69. The van der Waals surface area contributed by atoms with Gasteiger partial charge in [-0.05, 0) is 73.0 Å². The quantitative estimate of drug-likeness (QED) is 0.677. The molecule has 0 fully saturated rings. The maximum Gasteiger partial charge on any atom is 0.243 e. The van der Waals surface area contributed by atoms with E-state index in [0.29, 0.717) is 0 Å². The minimum atomic E-state index is -3.72. The van der Waals surface area contributed by atoms with Crippen molar-refractivity contribution in [1.29, 1.82) is 0 Å². The van der Waals surface area contributed by atoms with Crippen LogP contribution in [0.15, 0.2) is 52.3 Å². The number of nitrogens with zero attached hydrogens (tertiary/aromatic N) is 1. The number of carbonyl (C=O) groups excluding carboxylic acids is 1. The van der Waals surface area contributed by atoms with Gasteiger partial charge in [0.25, 0.3) is 0 Å². The van der Waals surface area contributed by atoms with E-state index in [1.54, 1.807) is 43.1 Å². The second-order valence-electron chi connectivity index (χ2n) is 7.01. The molecule has 0 saturated heterocycles. The Morgan fingerprint density at radius 2 is 1.97 bits per heavy atom. The summed E-state index contributed by atoms with van der Waals surface area (Å²) in [5, 5.41) is 3.00. The zero-order valence-electron chi connectivity index (χ0n) is 16.8. The fourth-order valence-corrected chi connectivity index (χ4v) is 5.06. The molecule has 0 saturated carbocycles. The van der Waals surface area contributed by atoms with Crippen molar-refractivity contribution in [3.63, 3.8) is 0 Å². The number of aryl methyl sites for hydroxylation is 1. The summed E-state index contributed by atoms with van der Waals surface area (Å²) in [7, 11) is -0.661. The van der Waals surface area contributed by atoms with Gasteiger partial charge in [-0.2, -0.15) is 4.31 Å². The van der Waals surface area contributed by atoms with Gasteiger partial charge in [0, 0.05) is 11.9 Å². The van der Waals surface area contributed by atoms with Crippen LogP contribution in [-0.4, -0.2) is 45.6 Å². The molecule has 2 aromatic carbocycles. The number of hydrogen-bond donors (Lipinski definition) is 1. The third kappa shape index (κ3) is 4.94. The molecule has 2 aromatic rings. The topological polar surface area (TPSA) is 75.7 Å². The highest BCUT2D eigenvalue weighted by molar-refractivity contribution is 7.98. The summed E-state index contributed by atoms with van der Waals surface area (Å²) in [6.07, 6.45) is 4.66. The Bertz CT molecular complexity index is 975. The second-order valence-corrected chi connectivity index (χ2v) is 9.94. The van der Waals surface area contributed by atoms with Crippen molar-refractivity contribution < 1.29 is 17.9 Å². The van der Waals surface area contributed by atoms with Crippen molar-refractivity contribution in [3.05, 3.63) is 53.6 Å². The Hall–Kier alpha value is -2.03. The van der Waals surface area contributed by atoms with E-state index in [2.05, 4.69) is 5.32 Å². The largest absolute Gasteiger partial charge is 0.497 e. The van der Waals surface area contributed by atoms with Gasteiger partial charge in [0.15, 0.2) is 0 Å². The lowest BCUT2D eigenvalue weighted by molar-refractivity contribution is -0.122. The maximum atomic E-state index is 12.8. The molecule has 0 bridgehead atoms. The molecule has 8 heteroatoms. The molecule has 29 heavy (non-hydrogen) atoms.